The van der Waals surface area contributed by atoms with E-state index in [1.807, 2.05) is 81.7 Å². The predicted molar refractivity (Wildman–Crippen MR) is 218 cm³/mol. The third-order valence-electron chi connectivity index (χ3n) is 8.98. The zero-order valence-corrected chi connectivity index (χ0v) is 34.3. The van der Waals surface area contributed by atoms with Crippen LogP contribution >= 0.6 is 45.3 Å². The SMILES string of the molecule is COc1cccc(OC(C)C)c1-c1cc(C)c(-c2sc(-c3sc(-c4sc(-c5c(OC)cccc5OC(C)C)cc4C)c(C)c3C)c(C)c2C)s1. The highest BCUT2D eigenvalue weighted by atomic mass is 32.1. The Bertz CT molecular complexity index is 2020. The van der Waals surface area contributed by atoms with Gasteiger partial charge in [-0.2, -0.15) is 0 Å². The zero-order valence-electron chi connectivity index (χ0n) is 31.0. The topological polar surface area (TPSA) is 36.9 Å². The van der Waals surface area contributed by atoms with Crippen LogP contribution in [0.2, 0.25) is 0 Å². The maximum atomic E-state index is 6.25. The minimum absolute atomic E-state index is 0.0654. The Labute approximate surface area is 313 Å². The summed E-state index contributed by atoms with van der Waals surface area (Å²) in [6.07, 6.45) is 0.131. The zero-order chi connectivity index (χ0) is 36.0. The molecule has 0 amide bonds. The molecule has 4 heterocycles. The lowest BCUT2D eigenvalue weighted by molar-refractivity contribution is 0.242. The summed E-state index contributed by atoms with van der Waals surface area (Å²) in [6, 6.07) is 16.7. The highest BCUT2D eigenvalue weighted by Gasteiger charge is 2.26. The van der Waals surface area contributed by atoms with Gasteiger partial charge in [0.2, 0.25) is 0 Å². The molecule has 50 heavy (non-hydrogen) atoms. The molecule has 0 aliphatic heterocycles. The van der Waals surface area contributed by atoms with E-state index in [1.165, 1.54) is 62.6 Å². The summed E-state index contributed by atoms with van der Waals surface area (Å²) >= 11 is 7.48. The maximum Gasteiger partial charge on any atom is 0.132 e. The van der Waals surface area contributed by atoms with Crippen LogP contribution in [0.3, 0.4) is 0 Å². The van der Waals surface area contributed by atoms with E-state index in [4.69, 9.17) is 18.9 Å². The Balaban J connectivity index is 1.42. The number of ether oxygens (including phenoxy) is 4. The van der Waals surface area contributed by atoms with Crippen LogP contribution in [-0.2, 0) is 0 Å². The lowest BCUT2D eigenvalue weighted by Gasteiger charge is -2.16. The first-order valence-electron chi connectivity index (χ1n) is 16.9. The number of thiophene rings is 4. The molecule has 0 bridgehead atoms. The molecule has 0 radical (unpaired) electrons. The summed E-state index contributed by atoms with van der Waals surface area (Å²) in [5.74, 6) is 3.36. The number of hydrogen-bond donors (Lipinski definition) is 0. The maximum absolute atomic E-state index is 6.25. The fourth-order valence-electron chi connectivity index (χ4n) is 6.27. The summed E-state index contributed by atoms with van der Waals surface area (Å²) in [5.41, 5.74) is 9.96. The highest BCUT2D eigenvalue weighted by Crippen LogP contribution is 2.54. The Kier molecular flexibility index (Phi) is 10.6. The molecule has 6 aromatic rings. The molecule has 0 N–H and O–H groups in total. The van der Waals surface area contributed by atoms with E-state index >= 15 is 0 Å². The minimum Gasteiger partial charge on any atom is -0.496 e. The van der Waals surface area contributed by atoms with Gasteiger partial charge in [-0.05, 0) is 139 Å². The van der Waals surface area contributed by atoms with E-state index in [0.717, 1.165) is 43.9 Å². The van der Waals surface area contributed by atoms with E-state index in [1.54, 1.807) is 14.2 Å². The second kappa shape index (κ2) is 14.6. The Morgan fingerprint density at radius 2 is 0.760 bits per heavy atom. The van der Waals surface area contributed by atoms with Crippen LogP contribution in [0.5, 0.6) is 23.0 Å². The van der Waals surface area contributed by atoms with Gasteiger partial charge in [0.05, 0.1) is 37.6 Å². The molecule has 0 saturated carbocycles. The molecule has 0 atom stereocenters. The van der Waals surface area contributed by atoms with Crippen LogP contribution in [0.15, 0.2) is 48.5 Å². The van der Waals surface area contributed by atoms with Crippen molar-refractivity contribution in [3.05, 3.63) is 81.9 Å². The summed E-state index contributed by atoms with van der Waals surface area (Å²) in [6.45, 7) is 21.8. The van der Waals surface area contributed by atoms with Crippen LogP contribution in [0.1, 0.15) is 61.1 Å². The normalized spacial score (nSPS) is 11.6. The van der Waals surface area contributed by atoms with Gasteiger partial charge in [-0.15, -0.1) is 45.3 Å². The molecule has 0 fully saturated rings. The van der Waals surface area contributed by atoms with Gasteiger partial charge in [0.25, 0.3) is 0 Å². The minimum atomic E-state index is 0.0654. The summed E-state index contributed by atoms with van der Waals surface area (Å²) in [7, 11) is 3.46. The van der Waals surface area contributed by atoms with Crippen molar-refractivity contribution in [2.24, 2.45) is 0 Å². The summed E-state index contributed by atoms with van der Waals surface area (Å²) in [5, 5.41) is 0. The molecule has 6 rings (SSSR count). The van der Waals surface area contributed by atoms with Gasteiger partial charge >= 0.3 is 0 Å². The van der Waals surface area contributed by atoms with Crippen molar-refractivity contribution in [1.82, 2.24) is 0 Å². The van der Waals surface area contributed by atoms with E-state index in [-0.39, 0.29) is 12.2 Å². The monoisotopic (exact) mass is 742 g/mol. The fraction of sp³-hybridized carbons (Fsp3) is 0.333. The number of aryl methyl sites for hydroxylation is 2. The summed E-state index contributed by atoms with van der Waals surface area (Å²) in [4.78, 5) is 10.3. The average molecular weight is 743 g/mol. The predicted octanol–water partition coefficient (Wildman–Crippen LogP) is 13.7. The van der Waals surface area contributed by atoms with Crippen molar-refractivity contribution in [1.29, 1.82) is 0 Å². The smallest absolute Gasteiger partial charge is 0.132 e. The van der Waals surface area contributed by atoms with Gasteiger partial charge in [-0.1, -0.05) is 12.1 Å². The molecule has 0 aliphatic carbocycles. The van der Waals surface area contributed by atoms with Crippen molar-refractivity contribution < 1.29 is 18.9 Å². The van der Waals surface area contributed by atoms with E-state index < -0.39 is 0 Å². The van der Waals surface area contributed by atoms with Crippen molar-refractivity contribution in [3.8, 4) is 73.1 Å². The van der Waals surface area contributed by atoms with Crippen molar-refractivity contribution in [3.63, 3.8) is 0 Å². The first kappa shape index (κ1) is 36.2. The Morgan fingerprint density at radius 1 is 0.440 bits per heavy atom. The number of benzene rings is 2. The number of hydrogen-bond acceptors (Lipinski definition) is 8. The lowest BCUT2D eigenvalue weighted by atomic mass is 10.0. The third-order valence-corrected chi connectivity index (χ3v) is 14.8. The molecule has 0 saturated heterocycles. The number of methoxy groups -OCH3 is 2. The van der Waals surface area contributed by atoms with Crippen molar-refractivity contribution >= 4 is 45.3 Å². The van der Waals surface area contributed by atoms with Gasteiger partial charge in [0.15, 0.2) is 0 Å². The molecule has 0 aliphatic rings. The Hall–Kier alpha value is -3.56. The van der Waals surface area contributed by atoms with E-state index in [9.17, 15) is 0 Å². The largest absolute Gasteiger partial charge is 0.496 e. The van der Waals surface area contributed by atoms with Gasteiger partial charge in [-0.25, -0.2) is 0 Å². The molecular weight excluding hydrogens is 697 g/mol. The molecule has 4 aromatic heterocycles. The van der Waals surface area contributed by atoms with Crippen LogP contribution in [0.25, 0.3) is 50.1 Å². The van der Waals surface area contributed by atoms with Crippen molar-refractivity contribution in [2.75, 3.05) is 14.2 Å². The second-order valence-electron chi connectivity index (χ2n) is 13.3. The molecule has 8 heteroatoms. The first-order valence-corrected chi connectivity index (χ1v) is 20.2. The number of rotatable bonds is 11. The molecule has 2 aromatic carbocycles. The van der Waals surface area contributed by atoms with Gasteiger partial charge in [0.1, 0.15) is 23.0 Å². The first-order chi connectivity index (χ1) is 23.8. The standard InChI is InChI=1S/C42H46O4S4/c1-21(2)45-31-17-13-15-29(43-11)35(31)33-19-23(5)37(47-33)39-25(7)27(9)41(49-39)42-28(10)26(8)40(50-42)38-24(6)20-34(48-38)36-30(44-12)16-14-18-32(36)46-22(3)4/h13-22H,1-12H3. The van der Waals surface area contributed by atoms with Crippen LogP contribution < -0.4 is 18.9 Å². The second-order valence-corrected chi connectivity index (χ2v) is 17.4. The fourth-order valence-corrected chi connectivity index (χ4v) is 12.1. The van der Waals surface area contributed by atoms with Crippen LogP contribution in [0, 0.1) is 41.5 Å². The molecule has 0 spiro atoms. The molecule has 0 unspecified atom stereocenters. The summed E-state index contributed by atoms with van der Waals surface area (Å²) < 4.78 is 24.2. The van der Waals surface area contributed by atoms with Gasteiger partial charge < -0.3 is 18.9 Å². The van der Waals surface area contributed by atoms with Gasteiger partial charge in [-0.3, -0.25) is 0 Å². The quantitative estimate of drug-likeness (QED) is 0.132. The van der Waals surface area contributed by atoms with Crippen LogP contribution in [0.4, 0.5) is 0 Å². The third kappa shape index (κ3) is 6.63. The molecular formula is C42H46O4S4. The van der Waals surface area contributed by atoms with Crippen molar-refractivity contribution in [2.45, 2.75) is 81.4 Å². The highest BCUT2D eigenvalue weighted by molar-refractivity contribution is 7.30. The van der Waals surface area contributed by atoms with E-state index in [0.29, 0.717) is 0 Å². The molecule has 4 nitrogen and oxygen atoms in total. The molecule has 262 valence electrons. The lowest BCUT2D eigenvalue weighted by Crippen LogP contribution is -2.06. The average Bonchev–Trinajstić information content (AvgIpc) is 3.80. The van der Waals surface area contributed by atoms with E-state index in [2.05, 4.69) is 81.4 Å². The Morgan fingerprint density at radius 3 is 1.08 bits per heavy atom. The van der Waals surface area contributed by atoms with Crippen LogP contribution in [-0.4, -0.2) is 26.4 Å². The van der Waals surface area contributed by atoms with Gasteiger partial charge in [0, 0.05) is 39.0 Å².